The van der Waals surface area contributed by atoms with Crippen LogP contribution in [0.1, 0.15) is 59.8 Å². The molecule has 0 aromatic rings. The predicted molar refractivity (Wildman–Crippen MR) is 66.8 cm³/mol. The molecule has 0 heterocycles. The molecule has 1 unspecified atom stereocenters. The average molecular weight is 232 g/mol. The molecule has 96 valence electrons. The number of hydrogen-bond acceptors (Lipinski definition) is 0. The molecule has 0 spiro atoms. The summed E-state index contributed by atoms with van der Waals surface area (Å²) in [5.41, 5.74) is -0.0253. The van der Waals surface area contributed by atoms with E-state index in [1.165, 1.54) is 0 Å². The van der Waals surface area contributed by atoms with Crippen molar-refractivity contribution in [3.63, 3.8) is 0 Å². The summed E-state index contributed by atoms with van der Waals surface area (Å²) >= 11 is 0. The van der Waals surface area contributed by atoms with Gasteiger partial charge in [0.15, 0.2) is 0 Å². The van der Waals surface area contributed by atoms with Crippen LogP contribution in [0.25, 0.3) is 0 Å². The van der Waals surface area contributed by atoms with Gasteiger partial charge in [0.1, 0.15) is 0 Å². The minimum Gasteiger partial charge on any atom is -0.207 e. The Hall–Kier alpha value is -0.400. The summed E-state index contributed by atoms with van der Waals surface area (Å²) in [6.07, 6.45) is 5.83. The van der Waals surface area contributed by atoms with Crippen molar-refractivity contribution < 1.29 is 8.78 Å². The van der Waals surface area contributed by atoms with E-state index in [2.05, 4.69) is 6.58 Å². The lowest BCUT2D eigenvalue weighted by molar-refractivity contribution is -0.0576. The molecule has 0 aliphatic rings. The highest BCUT2D eigenvalue weighted by molar-refractivity contribution is 4.78. The van der Waals surface area contributed by atoms with Crippen molar-refractivity contribution in [1.29, 1.82) is 0 Å². The Morgan fingerprint density at radius 3 is 2.06 bits per heavy atom. The van der Waals surface area contributed by atoms with Crippen LogP contribution in [0.15, 0.2) is 12.7 Å². The van der Waals surface area contributed by atoms with Crippen LogP contribution in [0.3, 0.4) is 0 Å². The quantitative estimate of drug-likeness (QED) is 0.405. The van der Waals surface area contributed by atoms with Gasteiger partial charge in [-0.3, -0.25) is 0 Å². The van der Waals surface area contributed by atoms with Crippen molar-refractivity contribution in [2.75, 3.05) is 0 Å². The van der Waals surface area contributed by atoms with Gasteiger partial charge in [-0.15, -0.1) is 6.58 Å². The highest BCUT2D eigenvalue weighted by Crippen LogP contribution is 2.37. The summed E-state index contributed by atoms with van der Waals surface area (Å²) in [4.78, 5) is 0. The molecule has 0 saturated heterocycles. The molecule has 0 aliphatic carbocycles. The van der Waals surface area contributed by atoms with Crippen LogP contribution in [0.5, 0.6) is 0 Å². The fourth-order valence-electron chi connectivity index (χ4n) is 1.95. The number of alkyl halides is 2. The molecule has 0 nitrogen and oxygen atoms in total. The zero-order valence-corrected chi connectivity index (χ0v) is 11.2. The summed E-state index contributed by atoms with van der Waals surface area (Å²) in [5, 5.41) is 0. The SMILES string of the molecule is C=CCCCCC(CC(C)(C)C)C(C)(F)F. The van der Waals surface area contributed by atoms with Crippen molar-refractivity contribution in [2.24, 2.45) is 11.3 Å². The first-order valence-corrected chi connectivity index (χ1v) is 6.15. The number of rotatable bonds is 7. The Balaban J connectivity index is 4.18. The maximum Gasteiger partial charge on any atom is 0.248 e. The van der Waals surface area contributed by atoms with E-state index in [4.69, 9.17) is 0 Å². The van der Waals surface area contributed by atoms with Crippen LogP contribution in [-0.2, 0) is 0 Å². The minimum absolute atomic E-state index is 0.0253. The second-order valence-corrected chi connectivity index (χ2v) is 5.99. The maximum absolute atomic E-state index is 13.4. The van der Waals surface area contributed by atoms with Gasteiger partial charge in [0.05, 0.1) is 0 Å². The van der Waals surface area contributed by atoms with Crippen LogP contribution in [0.2, 0.25) is 0 Å². The third-order valence-corrected chi connectivity index (χ3v) is 2.79. The minimum atomic E-state index is -2.55. The van der Waals surface area contributed by atoms with Crippen molar-refractivity contribution in [3.8, 4) is 0 Å². The lowest BCUT2D eigenvalue weighted by Crippen LogP contribution is -2.28. The predicted octanol–water partition coefficient (Wildman–Crippen LogP) is 5.44. The number of halogens is 2. The topological polar surface area (TPSA) is 0 Å². The summed E-state index contributed by atoms with van der Waals surface area (Å²) in [6, 6.07) is 0. The first-order chi connectivity index (χ1) is 7.17. The van der Waals surface area contributed by atoms with E-state index in [9.17, 15) is 8.78 Å². The summed E-state index contributed by atoms with van der Waals surface area (Å²) in [7, 11) is 0. The fraction of sp³-hybridized carbons (Fsp3) is 0.857. The lowest BCUT2D eigenvalue weighted by atomic mass is 9.80. The molecule has 0 N–H and O–H groups in total. The standard InChI is InChI=1S/C14H26F2/c1-6-7-8-9-10-12(14(5,15)16)11-13(2,3)4/h6,12H,1,7-11H2,2-5H3. The molecule has 0 saturated carbocycles. The Labute approximate surface area is 99.1 Å². The molecular weight excluding hydrogens is 206 g/mol. The van der Waals surface area contributed by atoms with Crippen molar-refractivity contribution in [1.82, 2.24) is 0 Å². The zero-order valence-electron chi connectivity index (χ0n) is 11.2. The molecule has 16 heavy (non-hydrogen) atoms. The molecule has 0 aromatic carbocycles. The lowest BCUT2D eigenvalue weighted by Gasteiger charge is -2.30. The molecule has 0 amide bonds. The first kappa shape index (κ1) is 15.6. The molecule has 0 rings (SSSR count). The Morgan fingerprint density at radius 1 is 1.12 bits per heavy atom. The van der Waals surface area contributed by atoms with Crippen molar-refractivity contribution in [3.05, 3.63) is 12.7 Å². The van der Waals surface area contributed by atoms with Crippen molar-refractivity contribution >= 4 is 0 Å². The van der Waals surface area contributed by atoms with Gasteiger partial charge < -0.3 is 0 Å². The van der Waals surface area contributed by atoms with E-state index < -0.39 is 11.8 Å². The summed E-state index contributed by atoms with van der Waals surface area (Å²) in [5.74, 6) is -3.04. The highest BCUT2D eigenvalue weighted by atomic mass is 19.3. The Morgan fingerprint density at radius 2 is 1.69 bits per heavy atom. The van der Waals surface area contributed by atoms with Gasteiger partial charge in [-0.25, -0.2) is 8.78 Å². The van der Waals surface area contributed by atoms with Gasteiger partial charge in [-0.05, 0) is 38.0 Å². The van der Waals surface area contributed by atoms with Gasteiger partial charge in [0.2, 0.25) is 5.92 Å². The van der Waals surface area contributed by atoms with E-state index in [0.29, 0.717) is 12.8 Å². The molecule has 0 aliphatic heterocycles. The molecule has 0 aromatic heterocycles. The van der Waals surface area contributed by atoms with Crippen LogP contribution in [0, 0.1) is 11.3 Å². The fourth-order valence-corrected chi connectivity index (χ4v) is 1.95. The van der Waals surface area contributed by atoms with E-state index in [1.54, 1.807) is 0 Å². The molecule has 0 radical (unpaired) electrons. The smallest absolute Gasteiger partial charge is 0.207 e. The Bertz CT molecular complexity index is 196. The van der Waals surface area contributed by atoms with Gasteiger partial charge in [0.25, 0.3) is 0 Å². The van der Waals surface area contributed by atoms with Crippen LogP contribution in [0.4, 0.5) is 8.78 Å². The molecular formula is C14H26F2. The molecule has 0 fully saturated rings. The highest BCUT2D eigenvalue weighted by Gasteiger charge is 2.35. The second kappa shape index (κ2) is 6.36. The third kappa shape index (κ3) is 7.84. The average Bonchev–Trinajstić information content (AvgIpc) is 2.06. The van der Waals surface area contributed by atoms with E-state index in [-0.39, 0.29) is 5.41 Å². The molecule has 0 bridgehead atoms. The molecule has 1 atom stereocenters. The van der Waals surface area contributed by atoms with E-state index in [0.717, 1.165) is 26.2 Å². The monoisotopic (exact) mass is 232 g/mol. The van der Waals surface area contributed by atoms with Crippen LogP contribution in [-0.4, -0.2) is 5.92 Å². The molecule has 2 heteroatoms. The first-order valence-electron chi connectivity index (χ1n) is 6.15. The number of hydrogen-bond donors (Lipinski definition) is 0. The van der Waals surface area contributed by atoms with Gasteiger partial charge >= 0.3 is 0 Å². The van der Waals surface area contributed by atoms with E-state index in [1.807, 2.05) is 26.8 Å². The van der Waals surface area contributed by atoms with E-state index >= 15 is 0 Å². The Kier molecular flexibility index (Phi) is 6.20. The van der Waals surface area contributed by atoms with Gasteiger partial charge in [-0.1, -0.05) is 33.3 Å². The van der Waals surface area contributed by atoms with Gasteiger partial charge in [-0.2, -0.15) is 0 Å². The zero-order chi connectivity index (χ0) is 12.8. The van der Waals surface area contributed by atoms with Crippen molar-refractivity contribution in [2.45, 2.75) is 65.7 Å². The summed E-state index contributed by atoms with van der Waals surface area (Å²) < 4.78 is 26.8. The second-order valence-electron chi connectivity index (χ2n) is 5.99. The number of allylic oxidation sites excluding steroid dienone is 1. The normalized spacial score (nSPS) is 14.9. The van der Waals surface area contributed by atoms with Crippen LogP contribution < -0.4 is 0 Å². The summed E-state index contributed by atoms with van der Waals surface area (Å²) in [6.45, 7) is 10.8. The van der Waals surface area contributed by atoms with Gasteiger partial charge in [0, 0.05) is 5.92 Å². The third-order valence-electron chi connectivity index (χ3n) is 2.79. The number of unbranched alkanes of at least 4 members (excludes halogenated alkanes) is 2. The van der Waals surface area contributed by atoms with Crippen LogP contribution >= 0.6 is 0 Å². The largest absolute Gasteiger partial charge is 0.248 e. The maximum atomic E-state index is 13.4.